The van der Waals surface area contributed by atoms with Crippen molar-refractivity contribution in [2.75, 3.05) is 14.2 Å². The molecule has 0 fully saturated rings. The molecular weight excluding hydrogens is 296 g/mol. The monoisotopic (exact) mass is 316 g/mol. The Labute approximate surface area is 134 Å². The number of nitrogens with zero attached hydrogens (tertiary/aromatic N) is 2. The van der Waals surface area contributed by atoms with Crippen molar-refractivity contribution < 1.29 is 19.0 Å². The zero-order valence-electron chi connectivity index (χ0n) is 13.7. The number of oxazole rings is 1. The number of hydrogen-bond donors (Lipinski definition) is 1. The van der Waals surface area contributed by atoms with Crippen molar-refractivity contribution in [1.82, 2.24) is 9.61 Å². The van der Waals surface area contributed by atoms with Gasteiger partial charge in [-0.25, -0.2) is 0 Å². The summed E-state index contributed by atoms with van der Waals surface area (Å²) in [4.78, 5) is 0. The fourth-order valence-electron chi connectivity index (χ4n) is 2.76. The Bertz CT molecular complexity index is 848. The summed E-state index contributed by atoms with van der Waals surface area (Å²) in [5.41, 5.74) is 3.67. The van der Waals surface area contributed by atoms with Crippen LogP contribution in [0.1, 0.15) is 23.9 Å². The molecule has 0 saturated heterocycles. The van der Waals surface area contributed by atoms with E-state index in [4.69, 9.17) is 13.9 Å². The molecule has 0 amide bonds. The summed E-state index contributed by atoms with van der Waals surface area (Å²) in [6.45, 7) is 4.27. The first-order valence-corrected chi connectivity index (χ1v) is 7.46. The molecule has 3 aromatic rings. The van der Waals surface area contributed by atoms with E-state index in [1.807, 2.05) is 26.0 Å². The second-order valence-electron chi connectivity index (χ2n) is 5.37. The van der Waals surface area contributed by atoms with Crippen molar-refractivity contribution in [3.63, 3.8) is 0 Å². The van der Waals surface area contributed by atoms with E-state index >= 15 is 0 Å². The molecule has 6 heteroatoms. The predicted octanol–water partition coefficient (Wildman–Crippen LogP) is 3.33. The number of phenolic OH excluding ortho intramolecular Hbond substituents is 1. The van der Waals surface area contributed by atoms with E-state index in [0.717, 1.165) is 17.7 Å². The van der Waals surface area contributed by atoms with Gasteiger partial charge in [-0.3, -0.25) is 0 Å². The molecule has 2 heterocycles. The third kappa shape index (κ3) is 2.55. The minimum atomic E-state index is 0.107. The van der Waals surface area contributed by atoms with Crippen LogP contribution in [0.25, 0.3) is 17.0 Å². The number of fused-ring (bicyclic) bond motifs is 1. The Kier molecular flexibility index (Phi) is 4.00. The maximum Gasteiger partial charge on any atom is 0.222 e. The average Bonchev–Trinajstić information content (AvgIpc) is 3.04. The Morgan fingerprint density at radius 3 is 2.70 bits per heavy atom. The van der Waals surface area contributed by atoms with E-state index in [-0.39, 0.29) is 5.75 Å². The van der Waals surface area contributed by atoms with E-state index in [0.29, 0.717) is 35.1 Å². The molecule has 0 atom stereocenters. The van der Waals surface area contributed by atoms with E-state index < -0.39 is 0 Å². The highest BCUT2D eigenvalue weighted by atomic mass is 16.5. The highest BCUT2D eigenvalue weighted by Crippen LogP contribution is 2.41. The number of methoxy groups -OCH3 is 2. The van der Waals surface area contributed by atoms with Crippen LogP contribution in [0.3, 0.4) is 0 Å². The molecule has 0 aliphatic rings. The van der Waals surface area contributed by atoms with Crippen molar-refractivity contribution in [2.24, 2.45) is 0 Å². The zero-order chi connectivity index (χ0) is 16.6. The second-order valence-corrected chi connectivity index (χ2v) is 5.37. The number of ether oxygens (including phenoxy) is 2. The summed E-state index contributed by atoms with van der Waals surface area (Å²) in [5, 5.41) is 15.1. The first-order valence-electron chi connectivity index (χ1n) is 7.46. The van der Waals surface area contributed by atoms with Gasteiger partial charge in [0.15, 0.2) is 0 Å². The van der Waals surface area contributed by atoms with Crippen molar-refractivity contribution in [1.29, 1.82) is 0 Å². The molecule has 1 N–H and O–H groups in total. The van der Waals surface area contributed by atoms with Gasteiger partial charge >= 0.3 is 0 Å². The van der Waals surface area contributed by atoms with Crippen LogP contribution in [0.2, 0.25) is 0 Å². The highest BCUT2D eigenvalue weighted by Gasteiger charge is 2.22. The lowest BCUT2D eigenvalue weighted by Crippen LogP contribution is -1.98. The molecule has 6 nitrogen and oxygen atoms in total. The third-order valence-electron chi connectivity index (χ3n) is 3.80. The van der Waals surface area contributed by atoms with E-state index in [9.17, 15) is 5.11 Å². The number of hydrogen-bond acceptors (Lipinski definition) is 5. The van der Waals surface area contributed by atoms with Gasteiger partial charge in [0.25, 0.3) is 0 Å². The van der Waals surface area contributed by atoms with Gasteiger partial charge in [0, 0.05) is 13.2 Å². The van der Waals surface area contributed by atoms with Gasteiger partial charge in [0.2, 0.25) is 5.71 Å². The SMILES string of the molecule is CCc1cc2oc(C)c(-c3c(O)cc(COC)cc3OC)n2n1. The van der Waals surface area contributed by atoms with Gasteiger partial charge in [0.1, 0.15) is 23.0 Å². The van der Waals surface area contributed by atoms with Crippen LogP contribution in [0.4, 0.5) is 0 Å². The molecule has 0 spiro atoms. The minimum Gasteiger partial charge on any atom is -0.507 e. The zero-order valence-corrected chi connectivity index (χ0v) is 13.7. The largest absolute Gasteiger partial charge is 0.507 e. The summed E-state index contributed by atoms with van der Waals surface area (Å²) in [6, 6.07) is 5.42. The molecule has 3 rings (SSSR count). The molecule has 0 bridgehead atoms. The van der Waals surface area contributed by atoms with Crippen LogP contribution in [0, 0.1) is 6.92 Å². The quantitative estimate of drug-likeness (QED) is 0.782. The molecule has 1 aromatic carbocycles. The van der Waals surface area contributed by atoms with Crippen LogP contribution >= 0.6 is 0 Å². The molecule has 0 aliphatic heterocycles. The van der Waals surface area contributed by atoms with Crippen LogP contribution < -0.4 is 4.74 Å². The van der Waals surface area contributed by atoms with Gasteiger partial charge in [0.05, 0.1) is 25.0 Å². The number of aromatic nitrogens is 2. The van der Waals surface area contributed by atoms with Crippen LogP contribution in [-0.2, 0) is 17.8 Å². The average molecular weight is 316 g/mol. The highest BCUT2D eigenvalue weighted by molar-refractivity contribution is 5.77. The number of rotatable bonds is 5. The van der Waals surface area contributed by atoms with Gasteiger partial charge in [-0.2, -0.15) is 9.61 Å². The maximum absolute atomic E-state index is 10.5. The number of phenols is 1. The topological polar surface area (TPSA) is 69.1 Å². The molecule has 122 valence electrons. The minimum absolute atomic E-state index is 0.107. The Hall–Kier alpha value is -2.47. The summed E-state index contributed by atoms with van der Waals surface area (Å²) in [5.74, 6) is 1.33. The first kappa shape index (κ1) is 15.4. The summed E-state index contributed by atoms with van der Waals surface area (Å²) in [7, 11) is 3.18. The normalized spacial score (nSPS) is 11.3. The fraction of sp³-hybridized carbons (Fsp3) is 0.353. The van der Waals surface area contributed by atoms with Crippen LogP contribution in [-0.4, -0.2) is 28.9 Å². The summed E-state index contributed by atoms with van der Waals surface area (Å²) in [6.07, 6.45) is 0.811. The molecular formula is C17H20N2O4. The van der Waals surface area contributed by atoms with Gasteiger partial charge in [-0.05, 0) is 31.0 Å². The molecule has 2 aromatic heterocycles. The van der Waals surface area contributed by atoms with E-state index in [1.54, 1.807) is 24.8 Å². The molecule has 0 saturated carbocycles. The van der Waals surface area contributed by atoms with Gasteiger partial charge < -0.3 is 19.0 Å². The van der Waals surface area contributed by atoms with Gasteiger partial charge in [-0.15, -0.1) is 0 Å². The van der Waals surface area contributed by atoms with Crippen LogP contribution in [0.5, 0.6) is 11.5 Å². The van der Waals surface area contributed by atoms with Crippen molar-refractivity contribution >= 4 is 5.71 Å². The standard InChI is InChI=1S/C17H20N2O4/c1-5-12-8-15-19(18-12)17(10(2)23-15)16-13(20)6-11(9-21-3)7-14(16)22-4/h6-8,20H,5,9H2,1-4H3. The lowest BCUT2D eigenvalue weighted by atomic mass is 10.0. The Morgan fingerprint density at radius 2 is 2.04 bits per heavy atom. The molecule has 0 unspecified atom stereocenters. The lowest BCUT2D eigenvalue weighted by Gasteiger charge is -2.12. The predicted molar refractivity (Wildman–Crippen MR) is 85.9 cm³/mol. The van der Waals surface area contributed by atoms with Gasteiger partial charge in [-0.1, -0.05) is 6.92 Å². The molecule has 0 aliphatic carbocycles. The number of aromatic hydroxyl groups is 1. The van der Waals surface area contributed by atoms with E-state index in [1.165, 1.54) is 0 Å². The van der Waals surface area contributed by atoms with E-state index in [2.05, 4.69) is 5.10 Å². The second kappa shape index (κ2) is 5.96. The maximum atomic E-state index is 10.5. The Morgan fingerprint density at radius 1 is 1.26 bits per heavy atom. The van der Waals surface area contributed by atoms with Crippen molar-refractivity contribution in [2.45, 2.75) is 26.9 Å². The smallest absolute Gasteiger partial charge is 0.222 e. The summed E-state index contributed by atoms with van der Waals surface area (Å²) < 4.78 is 18.1. The number of benzene rings is 1. The van der Waals surface area contributed by atoms with Crippen molar-refractivity contribution in [3.05, 3.63) is 35.2 Å². The Balaban J connectivity index is 2.25. The third-order valence-corrected chi connectivity index (χ3v) is 3.80. The first-order chi connectivity index (χ1) is 11.1. The van der Waals surface area contributed by atoms with Crippen molar-refractivity contribution in [3.8, 4) is 22.8 Å². The number of aryl methyl sites for hydroxylation is 2. The summed E-state index contributed by atoms with van der Waals surface area (Å²) >= 11 is 0. The fourth-order valence-corrected chi connectivity index (χ4v) is 2.76. The molecule has 23 heavy (non-hydrogen) atoms. The lowest BCUT2D eigenvalue weighted by molar-refractivity contribution is 0.184. The molecule has 0 radical (unpaired) electrons. The van der Waals surface area contributed by atoms with Crippen LogP contribution in [0.15, 0.2) is 22.6 Å².